The van der Waals surface area contributed by atoms with Crippen molar-refractivity contribution in [2.45, 2.75) is 44.2 Å². The average Bonchev–Trinajstić information content (AvgIpc) is 2.65. The second-order valence-corrected chi connectivity index (χ2v) is 5.16. The van der Waals surface area contributed by atoms with Gasteiger partial charge in [-0.1, -0.05) is 18.2 Å². The molecule has 3 rings (SSSR count). The highest BCUT2D eigenvalue weighted by Crippen LogP contribution is 2.43. The summed E-state index contributed by atoms with van der Waals surface area (Å²) in [5.74, 6) is 0.722. The molecule has 0 radical (unpaired) electrons. The molecule has 1 heterocycles. The van der Waals surface area contributed by atoms with Crippen LogP contribution in [-0.2, 0) is 4.79 Å². The van der Waals surface area contributed by atoms with Gasteiger partial charge in [0, 0.05) is 30.6 Å². The van der Waals surface area contributed by atoms with Crippen LogP contribution in [0.1, 0.15) is 37.7 Å². The van der Waals surface area contributed by atoms with E-state index in [-0.39, 0.29) is 5.91 Å². The Morgan fingerprint density at radius 2 is 2.18 bits per heavy atom. The van der Waals surface area contributed by atoms with Crippen molar-refractivity contribution in [3.63, 3.8) is 0 Å². The lowest BCUT2D eigenvalue weighted by atomic mass is 9.80. The summed E-state index contributed by atoms with van der Waals surface area (Å²) in [6.45, 7) is 1.60. The molecule has 3 atom stereocenters. The molecule has 1 aliphatic heterocycles. The topological polar surface area (TPSA) is 41.1 Å². The normalized spacial score (nSPS) is 30.1. The third kappa shape index (κ3) is 1.90. The number of carbonyl (C=O) groups is 1. The van der Waals surface area contributed by atoms with Gasteiger partial charge in [0.15, 0.2) is 0 Å². The largest absolute Gasteiger partial charge is 0.381 e. The van der Waals surface area contributed by atoms with Crippen LogP contribution in [0.4, 0.5) is 5.69 Å². The van der Waals surface area contributed by atoms with E-state index in [1.54, 1.807) is 6.92 Å². The molecule has 0 bridgehead atoms. The molecule has 3 nitrogen and oxygen atoms in total. The number of para-hydroxylation sites is 1. The minimum Gasteiger partial charge on any atom is -0.381 e. The number of hydrogen-bond donors (Lipinski definition) is 2. The molecule has 0 saturated heterocycles. The van der Waals surface area contributed by atoms with E-state index in [2.05, 4.69) is 34.9 Å². The quantitative estimate of drug-likeness (QED) is 0.777. The summed E-state index contributed by atoms with van der Waals surface area (Å²) in [6, 6.07) is 9.41. The monoisotopic (exact) mass is 230 g/mol. The van der Waals surface area contributed by atoms with Gasteiger partial charge < -0.3 is 10.6 Å². The summed E-state index contributed by atoms with van der Waals surface area (Å²) in [7, 11) is 0. The molecule has 2 N–H and O–H groups in total. The second-order valence-electron chi connectivity index (χ2n) is 5.16. The second kappa shape index (κ2) is 4.06. The zero-order valence-electron chi connectivity index (χ0n) is 10.1. The molecule has 0 spiro atoms. The molecule has 17 heavy (non-hydrogen) atoms. The minimum atomic E-state index is 0.0870. The maximum Gasteiger partial charge on any atom is 0.217 e. The van der Waals surface area contributed by atoms with Crippen molar-refractivity contribution in [2.75, 3.05) is 5.32 Å². The molecule has 1 aromatic carbocycles. The van der Waals surface area contributed by atoms with E-state index in [9.17, 15) is 4.79 Å². The number of rotatable bonds is 1. The van der Waals surface area contributed by atoms with Crippen molar-refractivity contribution in [2.24, 2.45) is 0 Å². The Morgan fingerprint density at radius 1 is 1.35 bits per heavy atom. The first kappa shape index (κ1) is 10.6. The SMILES string of the molecule is CC(=O)NC1CC[C@H]2c3ccccc3N[C@H]2C1. The van der Waals surface area contributed by atoms with Gasteiger partial charge in [0.1, 0.15) is 0 Å². The number of nitrogens with one attached hydrogen (secondary N) is 2. The Hall–Kier alpha value is -1.51. The van der Waals surface area contributed by atoms with Gasteiger partial charge in [0.2, 0.25) is 5.91 Å². The van der Waals surface area contributed by atoms with Gasteiger partial charge in [-0.3, -0.25) is 4.79 Å². The van der Waals surface area contributed by atoms with E-state index >= 15 is 0 Å². The van der Waals surface area contributed by atoms with Crippen molar-refractivity contribution in [3.8, 4) is 0 Å². The van der Waals surface area contributed by atoms with Crippen molar-refractivity contribution in [1.82, 2.24) is 5.32 Å². The summed E-state index contributed by atoms with van der Waals surface area (Å²) in [5.41, 5.74) is 2.74. The smallest absolute Gasteiger partial charge is 0.217 e. The van der Waals surface area contributed by atoms with Crippen LogP contribution < -0.4 is 10.6 Å². The van der Waals surface area contributed by atoms with Crippen molar-refractivity contribution in [1.29, 1.82) is 0 Å². The van der Waals surface area contributed by atoms with Crippen LogP contribution in [0.15, 0.2) is 24.3 Å². The number of carbonyl (C=O) groups excluding carboxylic acids is 1. The van der Waals surface area contributed by atoms with Gasteiger partial charge in [-0.05, 0) is 30.9 Å². The average molecular weight is 230 g/mol. The third-order valence-electron chi connectivity index (χ3n) is 3.96. The number of benzene rings is 1. The van der Waals surface area contributed by atoms with Gasteiger partial charge in [0.25, 0.3) is 0 Å². The first-order valence-corrected chi connectivity index (χ1v) is 6.36. The summed E-state index contributed by atoms with van der Waals surface area (Å²) in [6.07, 6.45) is 3.30. The summed E-state index contributed by atoms with van der Waals surface area (Å²) >= 11 is 0. The van der Waals surface area contributed by atoms with Crippen molar-refractivity contribution in [3.05, 3.63) is 29.8 Å². The minimum absolute atomic E-state index is 0.0870. The summed E-state index contributed by atoms with van der Waals surface area (Å²) < 4.78 is 0. The van der Waals surface area contributed by atoms with Crippen LogP contribution >= 0.6 is 0 Å². The molecule has 1 fully saturated rings. The highest BCUT2D eigenvalue weighted by Gasteiger charge is 2.37. The first-order chi connectivity index (χ1) is 8.24. The fourth-order valence-corrected chi connectivity index (χ4v) is 3.27. The molecule has 1 amide bonds. The Labute approximate surface area is 102 Å². The van der Waals surface area contributed by atoms with Crippen molar-refractivity contribution < 1.29 is 4.79 Å². The van der Waals surface area contributed by atoms with E-state index in [0.717, 1.165) is 12.8 Å². The Kier molecular flexibility index (Phi) is 2.54. The molecular formula is C14H18N2O. The molecular weight excluding hydrogens is 212 g/mol. The fourth-order valence-electron chi connectivity index (χ4n) is 3.27. The number of fused-ring (bicyclic) bond motifs is 3. The van der Waals surface area contributed by atoms with Gasteiger partial charge in [-0.2, -0.15) is 0 Å². The number of amides is 1. The molecule has 90 valence electrons. The summed E-state index contributed by atoms with van der Waals surface area (Å²) in [4.78, 5) is 11.1. The summed E-state index contributed by atoms with van der Waals surface area (Å²) in [5, 5.41) is 6.63. The van der Waals surface area contributed by atoms with E-state index in [1.807, 2.05) is 0 Å². The Bertz CT molecular complexity index is 444. The molecule has 3 heteroatoms. The zero-order chi connectivity index (χ0) is 11.8. The molecule has 2 aliphatic rings. The lowest BCUT2D eigenvalue weighted by Gasteiger charge is -2.32. The van der Waals surface area contributed by atoms with Gasteiger partial charge in [-0.15, -0.1) is 0 Å². The van der Waals surface area contributed by atoms with E-state index in [1.165, 1.54) is 17.7 Å². The van der Waals surface area contributed by atoms with Gasteiger partial charge in [-0.25, -0.2) is 0 Å². The predicted molar refractivity (Wildman–Crippen MR) is 68.0 cm³/mol. The number of hydrogen-bond acceptors (Lipinski definition) is 2. The molecule has 1 saturated carbocycles. The maximum absolute atomic E-state index is 11.1. The highest BCUT2D eigenvalue weighted by atomic mass is 16.1. The van der Waals surface area contributed by atoms with Crippen LogP contribution in [-0.4, -0.2) is 18.0 Å². The highest BCUT2D eigenvalue weighted by molar-refractivity contribution is 5.73. The van der Waals surface area contributed by atoms with Crippen LogP contribution in [0.3, 0.4) is 0 Å². The van der Waals surface area contributed by atoms with E-state index in [0.29, 0.717) is 18.0 Å². The standard InChI is InChI=1S/C14H18N2O/c1-9(17)15-10-6-7-12-11-4-2-3-5-13(11)16-14(12)8-10/h2-5,10,12,14,16H,6-8H2,1H3,(H,15,17)/t10?,12-,14-/m0/s1. The molecule has 1 aliphatic carbocycles. The van der Waals surface area contributed by atoms with Crippen LogP contribution in [0.25, 0.3) is 0 Å². The molecule has 0 aromatic heterocycles. The van der Waals surface area contributed by atoms with E-state index in [4.69, 9.17) is 0 Å². The van der Waals surface area contributed by atoms with Crippen molar-refractivity contribution >= 4 is 11.6 Å². The lowest BCUT2D eigenvalue weighted by Crippen LogP contribution is -2.42. The van der Waals surface area contributed by atoms with Crippen LogP contribution in [0, 0.1) is 0 Å². The van der Waals surface area contributed by atoms with Gasteiger partial charge >= 0.3 is 0 Å². The maximum atomic E-state index is 11.1. The Balaban J connectivity index is 1.75. The number of anilines is 1. The van der Waals surface area contributed by atoms with Crippen LogP contribution in [0.2, 0.25) is 0 Å². The first-order valence-electron chi connectivity index (χ1n) is 6.36. The lowest BCUT2D eigenvalue weighted by molar-refractivity contribution is -0.119. The predicted octanol–water partition coefficient (Wildman–Crippen LogP) is 2.25. The zero-order valence-corrected chi connectivity index (χ0v) is 10.1. The Morgan fingerprint density at radius 3 is 3.00 bits per heavy atom. The third-order valence-corrected chi connectivity index (χ3v) is 3.96. The van der Waals surface area contributed by atoms with Crippen LogP contribution in [0.5, 0.6) is 0 Å². The molecule has 1 unspecified atom stereocenters. The van der Waals surface area contributed by atoms with Gasteiger partial charge in [0.05, 0.1) is 0 Å². The van der Waals surface area contributed by atoms with E-state index < -0.39 is 0 Å². The molecule has 1 aromatic rings. The fraction of sp³-hybridized carbons (Fsp3) is 0.500.